The first-order valence-corrected chi connectivity index (χ1v) is 10.3. The number of esters is 1. The summed E-state index contributed by atoms with van der Waals surface area (Å²) in [6, 6.07) is 18.4. The van der Waals surface area contributed by atoms with Gasteiger partial charge in [0.15, 0.2) is 5.71 Å². The van der Waals surface area contributed by atoms with Gasteiger partial charge >= 0.3 is 5.97 Å². The Bertz CT molecular complexity index is 1050. The number of hydrogen-bond donors (Lipinski definition) is 1. The summed E-state index contributed by atoms with van der Waals surface area (Å²) in [7, 11) is 1.36. The summed E-state index contributed by atoms with van der Waals surface area (Å²) in [5.41, 5.74) is 9.94. The molecule has 0 amide bonds. The molecular weight excluding hydrogens is 376 g/mol. The molecule has 6 heteroatoms. The number of hydrazone groups is 1. The van der Waals surface area contributed by atoms with Gasteiger partial charge in [-0.3, -0.25) is 4.99 Å². The number of nitrogens with two attached hydrogens (primary N) is 1. The van der Waals surface area contributed by atoms with Crippen LogP contribution in [-0.2, 0) is 15.1 Å². The summed E-state index contributed by atoms with van der Waals surface area (Å²) in [5, 5.41) is 6.40. The summed E-state index contributed by atoms with van der Waals surface area (Å²) < 4.78 is 4.85. The topological polar surface area (TPSA) is 80.3 Å². The molecule has 0 spiro atoms. The predicted molar refractivity (Wildman–Crippen MR) is 116 cm³/mol. The van der Waals surface area contributed by atoms with Crippen molar-refractivity contribution in [2.24, 2.45) is 15.8 Å². The van der Waals surface area contributed by atoms with Crippen LogP contribution in [0.1, 0.15) is 48.0 Å². The van der Waals surface area contributed by atoms with E-state index in [0.717, 1.165) is 29.8 Å². The summed E-state index contributed by atoms with van der Waals surface area (Å²) in [6.45, 7) is 0. The van der Waals surface area contributed by atoms with Gasteiger partial charge in [-0.2, -0.15) is 5.10 Å². The zero-order valence-corrected chi connectivity index (χ0v) is 16.9. The summed E-state index contributed by atoms with van der Waals surface area (Å²) in [5.74, 6) is 0.276. The average Bonchev–Trinajstić information content (AvgIpc) is 3.16. The molecule has 1 saturated carbocycles. The fraction of sp³-hybridized carbons (Fsp3) is 0.292. The van der Waals surface area contributed by atoms with E-state index in [1.807, 2.05) is 29.3 Å². The quantitative estimate of drug-likeness (QED) is 0.795. The highest BCUT2D eigenvalue weighted by Gasteiger charge is 2.40. The lowest BCUT2D eigenvalue weighted by Gasteiger charge is -2.38. The normalized spacial score (nSPS) is 23.9. The van der Waals surface area contributed by atoms with E-state index >= 15 is 0 Å². The SMILES string of the molecule is COC(=O)C1=NN2C(=NC(c3ccc(C4(N)CCC4)cc3)C2c2ccccc2)C=C1. The number of hydrogen-bond acceptors (Lipinski definition) is 6. The lowest BCUT2D eigenvalue weighted by molar-refractivity contribution is -0.132. The van der Waals surface area contributed by atoms with Gasteiger partial charge in [-0.15, -0.1) is 0 Å². The zero-order chi connectivity index (χ0) is 20.7. The molecule has 0 aromatic heterocycles. The number of benzene rings is 2. The van der Waals surface area contributed by atoms with Gasteiger partial charge in [0.25, 0.3) is 0 Å². The molecule has 2 unspecified atom stereocenters. The van der Waals surface area contributed by atoms with Crippen molar-refractivity contribution in [3.8, 4) is 0 Å². The van der Waals surface area contributed by atoms with Crippen LogP contribution in [0.15, 0.2) is 76.8 Å². The minimum atomic E-state index is -0.460. The van der Waals surface area contributed by atoms with E-state index < -0.39 is 5.97 Å². The van der Waals surface area contributed by atoms with Crippen LogP contribution < -0.4 is 5.73 Å². The third-order valence-corrected chi connectivity index (χ3v) is 6.28. The van der Waals surface area contributed by atoms with E-state index in [-0.39, 0.29) is 23.3 Å². The molecule has 1 aliphatic carbocycles. The molecule has 2 heterocycles. The van der Waals surface area contributed by atoms with Crippen molar-refractivity contribution in [3.05, 3.63) is 83.4 Å². The Hall–Kier alpha value is -3.25. The van der Waals surface area contributed by atoms with Crippen LogP contribution in [-0.4, -0.2) is 29.6 Å². The van der Waals surface area contributed by atoms with Gasteiger partial charge in [-0.1, -0.05) is 54.6 Å². The standard InChI is InChI=1S/C24H24N4O2/c1-30-23(29)19-12-13-20-26-21(22(28(20)27-19)17-6-3-2-4-7-17)16-8-10-18(11-9-16)24(25)14-5-15-24/h2-4,6-13,21-22H,5,14-15,25H2,1H3. The fourth-order valence-electron chi connectivity index (χ4n) is 4.39. The molecule has 0 saturated heterocycles. The van der Waals surface area contributed by atoms with Crippen LogP contribution in [0.2, 0.25) is 0 Å². The molecule has 2 aromatic rings. The van der Waals surface area contributed by atoms with Crippen molar-refractivity contribution in [2.75, 3.05) is 7.11 Å². The van der Waals surface area contributed by atoms with Crippen molar-refractivity contribution in [1.82, 2.24) is 5.01 Å². The first-order chi connectivity index (χ1) is 14.6. The number of fused-ring (bicyclic) bond motifs is 1. The van der Waals surface area contributed by atoms with Gasteiger partial charge in [-0.25, -0.2) is 9.80 Å². The first kappa shape index (κ1) is 18.8. The number of methoxy groups -OCH3 is 1. The number of aliphatic imine (C=N–C) groups is 1. The summed E-state index contributed by atoms with van der Waals surface area (Å²) in [6.07, 6.45) is 6.74. The zero-order valence-electron chi connectivity index (χ0n) is 16.9. The third kappa shape index (κ3) is 3.04. The Labute approximate surface area is 175 Å². The van der Waals surface area contributed by atoms with Gasteiger partial charge in [0, 0.05) is 5.54 Å². The number of carbonyl (C=O) groups excluding carboxylic acids is 1. The maximum Gasteiger partial charge on any atom is 0.358 e. The molecule has 0 bridgehead atoms. The highest BCUT2D eigenvalue weighted by Crippen LogP contribution is 2.44. The Morgan fingerprint density at radius 3 is 2.43 bits per heavy atom. The monoisotopic (exact) mass is 400 g/mol. The Morgan fingerprint density at radius 2 is 1.80 bits per heavy atom. The van der Waals surface area contributed by atoms with Crippen molar-refractivity contribution in [2.45, 2.75) is 36.9 Å². The Balaban J connectivity index is 1.53. The second kappa shape index (κ2) is 7.22. The lowest BCUT2D eigenvalue weighted by Crippen LogP contribution is -2.43. The minimum Gasteiger partial charge on any atom is -0.464 e. The molecule has 0 radical (unpaired) electrons. The molecule has 152 valence electrons. The van der Waals surface area contributed by atoms with Gasteiger partial charge in [0.2, 0.25) is 0 Å². The van der Waals surface area contributed by atoms with Crippen molar-refractivity contribution in [3.63, 3.8) is 0 Å². The van der Waals surface area contributed by atoms with Crippen LogP contribution in [0.3, 0.4) is 0 Å². The molecule has 2 atom stereocenters. The number of rotatable bonds is 4. The first-order valence-electron chi connectivity index (χ1n) is 10.3. The van der Waals surface area contributed by atoms with E-state index in [2.05, 4.69) is 41.5 Å². The molecule has 30 heavy (non-hydrogen) atoms. The Kier molecular flexibility index (Phi) is 4.51. The van der Waals surface area contributed by atoms with Crippen LogP contribution in [0.5, 0.6) is 0 Å². The molecule has 2 N–H and O–H groups in total. The van der Waals surface area contributed by atoms with Crippen molar-refractivity contribution < 1.29 is 9.53 Å². The van der Waals surface area contributed by atoms with E-state index in [1.165, 1.54) is 19.1 Å². The number of nitrogens with zero attached hydrogens (tertiary/aromatic N) is 3. The van der Waals surface area contributed by atoms with Gasteiger partial charge in [0.1, 0.15) is 17.9 Å². The number of amidine groups is 1. The predicted octanol–water partition coefficient (Wildman–Crippen LogP) is 3.62. The molecule has 6 nitrogen and oxygen atoms in total. The van der Waals surface area contributed by atoms with E-state index in [1.54, 1.807) is 6.08 Å². The van der Waals surface area contributed by atoms with Gasteiger partial charge in [0.05, 0.1) is 7.11 Å². The molecular formula is C24H24N4O2. The van der Waals surface area contributed by atoms with E-state index in [9.17, 15) is 4.79 Å². The lowest BCUT2D eigenvalue weighted by atomic mass is 9.72. The maximum atomic E-state index is 12.0. The summed E-state index contributed by atoms with van der Waals surface area (Å²) >= 11 is 0. The smallest absolute Gasteiger partial charge is 0.358 e. The fourth-order valence-corrected chi connectivity index (χ4v) is 4.39. The van der Waals surface area contributed by atoms with Crippen LogP contribution in [0, 0.1) is 0 Å². The van der Waals surface area contributed by atoms with Crippen LogP contribution in [0.25, 0.3) is 0 Å². The number of ether oxygens (including phenoxy) is 1. The van der Waals surface area contributed by atoms with Crippen molar-refractivity contribution >= 4 is 17.5 Å². The van der Waals surface area contributed by atoms with Crippen LogP contribution in [0.4, 0.5) is 0 Å². The molecule has 1 fully saturated rings. The maximum absolute atomic E-state index is 12.0. The molecule has 5 rings (SSSR count). The second-order valence-corrected chi connectivity index (χ2v) is 8.07. The van der Waals surface area contributed by atoms with E-state index in [0.29, 0.717) is 0 Å². The molecule has 2 aromatic carbocycles. The second-order valence-electron chi connectivity index (χ2n) is 8.07. The Morgan fingerprint density at radius 1 is 1.07 bits per heavy atom. The van der Waals surface area contributed by atoms with Gasteiger partial charge in [-0.05, 0) is 48.1 Å². The minimum absolute atomic E-state index is 0.142. The van der Waals surface area contributed by atoms with Crippen LogP contribution >= 0.6 is 0 Å². The van der Waals surface area contributed by atoms with Crippen molar-refractivity contribution in [1.29, 1.82) is 0 Å². The average molecular weight is 400 g/mol. The van der Waals surface area contributed by atoms with E-state index in [4.69, 9.17) is 15.5 Å². The van der Waals surface area contributed by atoms with Gasteiger partial charge < -0.3 is 10.5 Å². The highest BCUT2D eigenvalue weighted by atomic mass is 16.5. The molecule has 2 aliphatic heterocycles. The largest absolute Gasteiger partial charge is 0.464 e. The third-order valence-electron chi connectivity index (χ3n) is 6.28. The highest BCUT2D eigenvalue weighted by molar-refractivity contribution is 6.42. The molecule has 3 aliphatic rings. The summed E-state index contributed by atoms with van der Waals surface area (Å²) in [4.78, 5) is 17.0. The number of carbonyl (C=O) groups is 1.